The summed E-state index contributed by atoms with van der Waals surface area (Å²) in [5.74, 6) is 0.978. The number of nitrogens with zero attached hydrogens (tertiary/aromatic N) is 1. The SMILES string of the molecule is CCCCCCCCOc1cc[n+](C)cc1.O=S(=O)(O)C(F)(F)F. The Hall–Kier alpha value is -1.35. The Labute approximate surface area is 141 Å². The summed E-state index contributed by atoms with van der Waals surface area (Å²) in [5, 5.41) is 0. The summed E-state index contributed by atoms with van der Waals surface area (Å²) in [6.07, 6.45) is 11.9. The Kier molecular flexibility index (Phi) is 10.6. The minimum absolute atomic E-state index is 0.847. The van der Waals surface area contributed by atoms with Gasteiger partial charge in [0.25, 0.3) is 0 Å². The number of aromatic nitrogens is 1. The van der Waals surface area contributed by atoms with Gasteiger partial charge in [-0.25, -0.2) is 4.57 Å². The van der Waals surface area contributed by atoms with Gasteiger partial charge < -0.3 is 4.74 Å². The molecule has 1 heterocycles. The van der Waals surface area contributed by atoms with Crippen LogP contribution in [0.1, 0.15) is 45.4 Å². The number of pyridine rings is 1. The summed E-state index contributed by atoms with van der Waals surface area (Å²) in [4.78, 5) is 0. The van der Waals surface area contributed by atoms with Gasteiger partial charge in [-0.2, -0.15) is 21.6 Å². The maximum absolute atomic E-state index is 10.7. The van der Waals surface area contributed by atoms with Crippen molar-refractivity contribution in [2.45, 2.75) is 51.0 Å². The lowest BCUT2D eigenvalue weighted by molar-refractivity contribution is -0.671. The topological polar surface area (TPSA) is 67.5 Å². The number of ether oxygens (including phenoxy) is 1. The van der Waals surface area contributed by atoms with Crippen molar-refractivity contribution in [2.75, 3.05) is 6.61 Å². The van der Waals surface area contributed by atoms with Gasteiger partial charge in [0.2, 0.25) is 0 Å². The highest BCUT2D eigenvalue weighted by atomic mass is 32.2. The van der Waals surface area contributed by atoms with E-state index in [1.54, 1.807) is 0 Å². The van der Waals surface area contributed by atoms with Crippen molar-refractivity contribution >= 4 is 10.1 Å². The van der Waals surface area contributed by atoms with Gasteiger partial charge in [-0.1, -0.05) is 39.0 Å². The molecule has 0 radical (unpaired) electrons. The number of hydrogen-bond donors (Lipinski definition) is 1. The molecular formula is C15H25F3NO4S+. The Morgan fingerprint density at radius 1 is 1.08 bits per heavy atom. The largest absolute Gasteiger partial charge is 0.522 e. The molecular weight excluding hydrogens is 347 g/mol. The molecule has 1 aromatic rings. The predicted molar refractivity (Wildman–Crippen MR) is 84.1 cm³/mol. The van der Waals surface area contributed by atoms with Crippen LogP contribution in [0.15, 0.2) is 24.5 Å². The fourth-order valence-electron chi connectivity index (χ4n) is 1.66. The van der Waals surface area contributed by atoms with Crippen LogP contribution in [-0.4, -0.2) is 25.1 Å². The summed E-state index contributed by atoms with van der Waals surface area (Å²) in [7, 11) is -3.83. The van der Waals surface area contributed by atoms with Crippen LogP contribution in [0.5, 0.6) is 5.75 Å². The van der Waals surface area contributed by atoms with Crippen molar-refractivity contribution in [3.8, 4) is 5.75 Å². The van der Waals surface area contributed by atoms with Crippen LogP contribution in [0.25, 0.3) is 0 Å². The van der Waals surface area contributed by atoms with E-state index in [-0.39, 0.29) is 0 Å². The fraction of sp³-hybridized carbons (Fsp3) is 0.667. The highest BCUT2D eigenvalue weighted by molar-refractivity contribution is 7.86. The first-order valence-electron chi connectivity index (χ1n) is 7.69. The van der Waals surface area contributed by atoms with E-state index in [2.05, 4.69) is 6.92 Å². The van der Waals surface area contributed by atoms with Gasteiger partial charge in [-0.3, -0.25) is 4.55 Å². The summed E-state index contributed by atoms with van der Waals surface area (Å²) in [5.41, 5.74) is -5.53. The lowest BCUT2D eigenvalue weighted by Gasteiger charge is -2.04. The number of rotatable bonds is 8. The molecule has 0 aliphatic carbocycles. The second-order valence-electron chi connectivity index (χ2n) is 5.24. The zero-order valence-electron chi connectivity index (χ0n) is 13.9. The lowest BCUT2D eigenvalue weighted by atomic mass is 10.1. The van der Waals surface area contributed by atoms with Gasteiger partial charge in [0.15, 0.2) is 12.4 Å². The molecule has 0 unspecified atom stereocenters. The van der Waals surface area contributed by atoms with Crippen LogP contribution in [0.4, 0.5) is 13.2 Å². The maximum Gasteiger partial charge on any atom is 0.522 e. The Morgan fingerprint density at radius 2 is 1.54 bits per heavy atom. The van der Waals surface area contributed by atoms with Crippen LogP contribution in [0, 0.1) is 0 Å². The first kappa shape index (κ1) is 22.6. The standard InChI is InChI=1S/C14H24NO.CHF3O3S/c1-3-4-5-6-7-8-13-16-14-9-11-15(2)12-10-14;2-1(3,4)8(5,6)7/h9-12H,3-8,13H2,1-2H3;(H,5,6,7)/q+1;. The smallest absolute Gasteiger partial charge is 0.493 e. The molecule has 0 aromatic carbocycles. The molecule has 0 spiro atoms. The zero-order valence-corrected chi connectivity index (χ0v) is 14.7. The second-order valence-corrected chi connectivity index (χ2v) is 6.65. The van der Waals surface area contributed by atoms with Gasteiger partial charge in [0.05, 0.1) is 6.61 Å². The molecule has 0 aliphatic heterocycles. The first-order chi connectivity index (χ1) is 11.1. The summed E-state index contributed by atoms with van der Waals surface area (Å²) in [6.45, 7) is 3.10. The maximum atomic E-state index is 10.7. The molecule has 140 valence electrons. The molecule has 9 heteroatoms. The normalized spacial score (nSPS) is 11.6. The van der Waals surface area contributed by atoms with Gasteiger partial charge in [-0.05, 0) is 6.42 Å². The van der Waals surface area contributed by atoms with Crippen LogP contribution in [0.2, 0.25) is 0 Å². The average molecular weight is 372 g/mol. The van der Waals surface area contributed by atoms with Gasteiger partial charge in [0.1, 0.15) is 12.8 Å². The van der Waals surface area contributed by atoms with E-state index < -0.39 is 15.6 Å². The van der Waals surface area contributed by atoms with E-state index in [1.165, 1.54) is 38.5 Å². The van der Waals surface area contributed by atoms with E-state index in [4.69, 9.17) is 17.7 Å². The molecule has 0 atom stereocenters. The van der Waals surface area contributed by atoms with Crippen LogP contribution >= 0.6 is 0 Å². The van der Waals surface area contributed by atoms with Crippen molar-refractivity contribution in [1.29, 1.82) is 0 Å². The molecule has 0 aliphatic rings. The van der Waals surface area contributed by atoms with E-state index in [0.29, 0.717) is 0 Å². The van der Waals surface area contributed by atoms with E-state index in [1.807, 2.05) is 36.1 Å². The van der Waals surface area contributed by atoms with Crippen molar-refractivity contribution in [2.24, 2.45) is 7.05 Å². The van der Waals surface area contributed by atoms with Gasteiger partial charge in [0, 0.05) is 12.1 Å². The van der Waals surface area contributed by atoms with Crippen LogP contribution < -0.4 is 9.30 Å². The van der Waals surface area contributed by atoms with Crippen molar-refractivity contribution in [1.82, 2.24) is 0 Å². The number of aryl methyl sites for hydroxylation is 1. The third-order valence-electron chi connectivity index (χ3n) is 3.01. The first-order valence-corrected chi connectivity index (χ1v) is 9.13. The molecule has 5 nitrogen and oxygen atoms in total. The lowest BCUT2D eigenvalue weighted by Crippen LogP contribution is -2.25. The minimum atomic E-state index is -5.84. The summed E-state index contributed by atoms with van der Waals surface area (Å²) >= 11 is 0. The zero-order chi connectivity index (χ0) is 18.6. The highest BCUT2D eigenvalue weighted by Gasteiger charge is 2.44. The van der Waals surface area contributed by atoms with E-state index in [0.717, 1.165) is 12.4 Å². The number of unbranched alkanes of at least 4 members (excludes halogenated alkanes) is 5. The molecule has 1 rings (SSSR count). The molecule has 24 heavy (non-hydrogen) atoms. The highest BCUT2D eigenvalue weighted by Crippen LogP contribution is 2.20. The monoisotopic (exact) mass is 372 g/mol. The van der Waals surface area contributed by atoms with Crippen molar-refractivity contribution in [3.05, 3.63) is 24.5 Å². The summed E-state index contributed by atoms with van der Waals surface area (Å²) < 4.78 is 65.2. The van der Waals surface area contributed by atoms with Crippen LogP contribution in [-0.2, 0) is 17.2 Å². The minimum Gasteiger partial charge on any atom is -0.493 e. The second kappa shape index (κ2) is 11.2. The van der Waals surface area contributed by atoms with Gasteiger partial charge in [-0.15, -0.1) is 0 Å². The Morgan fingerprint density at radius 3 is 2.00 bits per heavy atom. The predicted octanol–water partition coefficient (Wildman–Crippen LogP) is 3.64. The molecule has 0 saturated heterocycles. The third-order valence-corrected chi connectivity index (χ3v) is 3.59. The third kappa shape index (κ3) is 11.2. The van der Waals surface area contributed by atoms with Crippen LogP contribution in [0.3, 0.4) is 0 Å². The fourth-order valence-corrected chi connectivity index (χ4v) is 1.66. The number of alkyl halides is 3. The summed E-state index contributed by atoms with van der Waals surface area (Å²) in [6, 6.07) is 4.02. The van der Waals surface area contributed by atoms with Crippen molar-refractivity contribution < 1.29 is 35.4 Å². The molecule has 1 aromatic heterocycles. The molecule has 0 bridgehead atoms. The molecule has 0 amide bonds. The number of hydrogen-bond acceptors (Lipinski definition) is 3. The number of halogens is 3. The van der Waals surface area contributed by atoms with Gasteiger partial charge >= 0.3 is 15.6 Å². The quantitative estimate of drug-likeness (QED) is 0.327. The van der Waals surface area contributed by atoms with E-state index in [9.17, 15) is 13.2 Å². The molecule has 0 saturated carbocycles. The Bertz CT molecular complexity index is 545. The Balaban J connectivity index is 0.000000561. The molecule has 0 fully saturated rings. The van der Waals surface area contributed by atoms with Crippen molar-refractivity contribution in [3.63, 3.8) is 0 Å². The molecule has 1 N–H and O–H groups in total. The average Bonchev–Trinajstić information content (AvgIpc) is 2.47. The van der Waals surface area contributed by atoms with E-state index >= 15 is 0 Å².